The Labute approximate surface area is 459 Å². The SMILES string of the molecule is CC(C)(C)c1cc(-c2cccc3cccc(-c4ccccc4N(c4cccc(-c5cccc6c7ccccc7n(-c7ccccc7)c56)c4)c4cc(-c5cccc6ccccc56)ccc4-c4ccccc4)c23)cc(C(C)(C)C)c1. The van der Waals surface area contributed by atoms with Gasteiger partial charge in [-0.25, -0.2) is 0 Å². The highest BCUT2D eigenvalue weighted by Gasteiger charge is 2.26. The van der Waals surface area contributed by atoms with Crippen molar-refractivity contribution in [1.29, 1.82) is 0 Å². The van der Waals surface area contributed by atoms with Gasteiger partial charge in [-0.3, -0.25) is 0 Å². The molecule has 12 aromatic carbocycles. The first-order chi connectivity index (χ1) is 38.0. The lowest BCUT2D eigenvalue weighted by atomic mass is 9.78. The lowest BCUT2D eigenvalue weighted by Crippen LogP contribution is -2.16. The Kier molecular flexibility index (Phi) is 12.0. The molecule has 0 spiro atoms. The summed E-state index contributed by atoms with van der Waals surface area (Å²) in [6.45, 7) is 14.0. The summed E-state index contributed by atoms with van der Waals surface area (Å²) in [5.41, 5.74) is 21.1. The summed E-state index contributed by atoms with van der Waals surface area (Å²) in [7, 11) is 0. The molecule has 2 nitrogen and oxygen atoms in total. The standard InChI is InChI=1S/C76H62N2/c1-75(2,3)57-46-56(47-58(50-57)76(4,5)6)64-38-21-28-53-29-22-40-68(73(53)64)66-35-15-17-42-70(66)77(72-49-55(44-45-63(72)52-24-9-7-10-25-52)62-37-20-27-51-26-13-14-34-61(51)62)60-33-19-30-54(48-60)65-39-23-41-69-67-36-16-18-43-71(67)78(74(65)69)59-31-11-8-12-32-59/h7-50H,1-6H3. The number of fused-ring (bicyclic) bond motifs is 5. The number of hydrogen-bond donors (Lipinski definition) is 0. The normalized spacial score (nSPS) is 12.0. The molecule has 0 radical (unpaired) electrons. The molecule has 0 unspecified atom stereocenters. The van der Waals surface area contributed by atoms with Crippen LogP contribution >= 0.6 is 0 Å². The van der Waals surface area contributed by atoms with Gasteiger partial charge in [-0.05, 0) is 125 Å². The summed E-state index contributed by atoms with van der Waals surface area (Å²) in [5, 5.41) is 7.34. The summed E-state index contributed by atoms with van der Waals surface area (Å²) in [6.07, 6.45) is 0. The second-order valence-electron chi connectivity index (χ2n) is 22.9. The van der Waals surface area contributed by atoms with E-state index in [9.17, 15) is 0 Å². The molecule has 0 bridgehead atoms. The summed E-state index contributed by atoms with van der Waals surface area (Å²) in [5.74, 6) is 0. The minimum atomic E-state index is -0.0360. The van der Waals surface area contributed by atoms with E-state index in [1.807, 2.05) is 0 Å². The average molecular weight is 1000 g/mol. The third kappa shape index (κ3) is 8.64. The van der Waals surface area contributed by atoms with Gasteiger partial charge in [0.1, 0.15) is 0 Å². The first kappa shape index (κ1) is 48.4. The number of benzene rings is 12. The fourth-order valence-electron chi connectivity index (χ4n) is 11.9. The van der Waals surface area contributed by atoms with Crippen LogP contribution < -0.4 is 4.90 Å². The molecule has 0 amide bonds. The van der Waals surface area contributed by atoms with Crippen LogP contribution in [0.2, 0.25) is 0 Å². The van der Waals surface area contributed by atoms with Gasteiger partial charge in [-0.2, -0.15) is 0 Å². The summed E-state index contributed by atoms with van der Waals surface area (Å²) in [4.78, 5) is 2.54. The largest absolute Gasteiger partial charge is 0.309 e. The predicted molar refractivity (Wildman–Crippen MR) is 335 cm³/mol. The van der Waals surface area contributed by atoms with Crippen molar-refractivity contribution in [1.82, 2.24) is 4.57 Å². The lowest BCUT2D eigenvalue weighted by molar-refractivity contribution is 0.569. The van der Waals surface area contributed by atoms with Crippen molar-refractivity contribution in [3.8, 4) is 61.3 Å². The van der Waals surface area contributed by atoms with Gasteiger partial charge in [0.05, 0.1) is 22.4 Å². The zero-order valence-corrected chi connectivity index (χ0v) is 45.3. The van der Waals surface area contributed by atoms with Gasteiger partial charge in [-0.15, -0.1) is 0 Å². The third-order valence-corrected chi connectivity index (χ3v) is 15.9. The molecular weight excluding hydrogens is 941 g/mol. The lowest BCUT2D eigenvalue weighted by Gasteiger charge is -2.31. The highest BCUT2D eigenvalue weighted by Crippen LogP contribution is 2.50. The van der Waals surface area contributed by atoms with Crippen molar-refractivity contribution in [3.05, 3.63) is 278 Å². The number of para-hydroxylation sites is 4. The van der Waals surface area contributed by atoms with E-state index in [1.165, 1.54) is 82.3 Å². The fourth-order valence-corrected chi connectivity index (χ4v) is 11.9. The van der Waals surface area contributed by atoms with Gasteiger partial charge < -0.3 is 9.47 Å². The monoisotopic (exact) mass is 1000 g/mol. The highest BCUT2D eigenvalue weighted by atomic mass is 15.1. The molecule has 0 saturated heterocycles. The molecule has 0 N–H and O–H groups in total. The van der Waals surface area contributed by atoms with Gasteiger partial charge in [-0.1, -0.05) is 266 Å². The van der Waals surface area contributed by atoms with Gasteiger partial charge in [0.15, 0.2) is 0 Å². The number of anilines is 3. The zero-order chi connectivity index (χ0) is 53.1. The first-order valence-electron chi connectivity index (χ1n) is 27.4. The van der Waals surface area contributed by atoms with E-state index in [0.717, 1.165) is 50.6 Å². The summed E-state index contributed by atoms with van der Waals surface area (Å²) in [6, 6.07) is 99.1. The molecule has 78 heavy (non-hydrogen) atoms. The van der Waals surface area contributed by atoms with Crippen LogP contribution in [0, 0.1) is 0 Å². The van der Waals surface area contributed by atoms with E-state index < -0.39 is 0 Å². The number of hydrogen-bond acceptors (Lipinski definition) is 1. The second kappa shape index (κ2) is 19.4. The van der Waals surface area contributed by atoms with Crippen molar-refractivity contribution in [2.75, 3.05) is 4.90 Å². The molecule has 13 aromatic rings. The van der Waals surface area contributed by atoms with E-state index in [-0.39, 0.29) is 10.8 Å². The molecule has 0 aliphatic rings. The van der Waals surface area contributed by atoms with Crippen LogP contribution in [-0.2, 0) is 10.8 Å². The van der Waals surface area contributed by atoms with Crippen molar-refractivity contribution in [2.24, 2.45) is 0 Å². The van der Waals surface area contributed by atoms with Crippen molar-refractivity contribution in [3.63, 3.8) is 0 Å². The van der Waals surface area contributed by atoms with Gasteiger partial charge in [0, 0.05) is 38.8 Å². The average Bonchev–Trinajstić information content (AvgIpc) is 3.89. The quantitative estimate of drug-likeness (QED) is 0.140. The Morgan fingerprint density at radius 1 is 0.308 bits per heavy atom. The smallest absolute Gasteiger partial charge is 0.0619 e. The fraction of sp³-hybridized carbons (Fsp3) is 0.105. The van der Waals surface area contributed by atoms with Crippen LogP contribution in [0.1, 0.15) is 52.7 Å². The Bertz CT molecular complexity index is 4350. The molecule has 1 aromatic heterocycles. The Morgan fingerprint density at radius 3 is 1.60 bits per heavy atom. The summed E-state index contributed by atoms with van der Waals surface area (Å²) < 4.78 is 2.45. The van der Waals surface area contributed by atoms with E-state index in [0.29, 0.717) is 0 Å². The van der Waals surface area contributed by atoms with Crippen molar-refractivity contribution >= 4 is 60.4 Å². The number of rotatable bonds is 9. The molecule has 0 saturated carbocycles. The molecule has 1 heterocycles. The van der Waals surface area contributed by atoms with Crippen LogP contribution in [0.5, 0.6) is 0 Å². The molecule has 0 aliphatic carbocycles. The maximum absolute atomic E-state index is 2.54. The summed E-state index contributed by atoms with van der Waals surface area (Å²) >= 11 is 0. The number of nitrogens with zero attached hydrogens (tertiary/aromatic N) is 2. The molecular formula is C76H62N2. The van der Waals surface area contributed by atoms with Crippen molar-refractivity contribution < 1.29 is 0 Å². The Balaban J connectivity index is 1.10. The molecule has 0 fully saturated rings. The molecule has 13 rings (SSSR count). The molecule has 2 heteroatoms. The van der Waals surface area contributed by atoms with Crippen LogP contribution in [0.3, 0.4) is 0 Å². The van der Waals surface area contributed by atoms with Crippen LogP contribution in [0.25, 0.3) is 105 Å². The highest BCUT2D eigenvalue weighted by molar-refractivity contribution is 6.14. The molecule has 0 atom stereocenters. The van der Waals surface area contributed by atoms with E-state index >= 15 is 0 Å². The number of aromatic nitrogens is 1. The maximum atomic E-state index is 2.54. The van der Waals surface area contributed by atoms with Crippen LogP contribution in [0.4, 0.5) is 17.1 Å². The van der Waals surface area contributed by atoms with Gasteiger partial charge >= 0.3 is 0 Å². The minimum absolute atomic E-state index is 0.0360. The van der Waals surface area contributed by atoms with Crippen LogP contribution in [0.15, 0.2) is 267 Å². The van der Waals surface area contributed by atoms with E-state index in [2.05, 4.69) is 318 Å². The molecule has 0 aliphatic heterocycles. The third-order valence-electron chi connectivity index (χ3n) is 15.9. The zero-order valence-electron chi connectivity index (χ0n) is 45.3. The minimum Gasteiger partial charge on any atom is -0.309 e. The topological polar surface area (TPSA) is 8.17 Å². The van der Waals surface area contributed by atoms with Crippen LogP contribution in [-0.4, -0.2) is 4.57 Å². The Hall–Kier alpha value is -9.24. The van der Waals surface area contributed by atoms with E-state index in [4.69, 9.17) is 0 Å². The Morgan fingerprint density at radius 2 is 0.846 bits per heavy atom. The van der Waals surface area contributed by atoms with Gasteiger partial charge in [0.2, 0.25) is 0 Å². The maximum Gasteiger partial charge on any atom is 0.0619 e. The first-order valence-corrected chi connectivity index (χ1v) is 27.4. The van der Waals surface area contributed by atoms with Gasteiger partial charge in [0.25, 0.3) is 0 Å². The van der Waals surface area contributed by atoms with Crippen molar-refractivity contribution in [2.45, 2.75) is 52.4 Å². The molecule has 376 valence electrons. The predicted octanol–water partition coefficient (Wildman–Crippen LogP) is 21.5. The second-order valence-corrected chi connectivity index (χ2v) is 22.9. The van der Waals surface area contributed by atoms with E-state index in [1.54, 1.807) is 0 Å².